The van der Waals surface area contributed by atoms with Crippen LogP contribution in [0.3, 0.4) is 0 Å². The first-order valence-electron chi connectivity index (χ1n) is 14.3. The molecule has 2 aromatic heterocycles. The number of morpholine rings is 1. The summed E-state index contributed by atoms with van der Waals surface area (Å²) >= 11 is 0. The number of fused-ring (bicyclic) bond motifs is 1. The number of aromatic nitrogens is 3. The van der Waals surface area contributed by atoms with Crippen molar-refractivity contribution < 1.29 is 24.1 Å². The Labute approximate surface area is 241 Å². The largest absolute Gasteiger partial charge is 0.496 e. The molecule has 1 unspecified atom stereocenters. The number of nitrogens with zero attached hydrogens (tertiary/aromatic N) is 6. The summed E-state index contributed by atoms with van der Waals surface area (Å²) in [4.78, 5) is 33.6. The van der Waals surface area contributed by atoms with Crippen molar-refractivity contribution in [3.63, 3.8) is 0 Å². The van der Waals surface area contributed by atoms with Crippen LogP contribution in [0.25, 0.3) is 22.3 Å². The lowest BCUT2D eigenvalue weighted by Crippen LogP contribution is -2.47. The zero-order chi connectivity index (χ0) is 29.1. The molecule has 4 heterocycles. The number of ether oxygens (including phenoxy) is 3. The lowest BCUT2D eigenvalue weighted by molar-refractivity contribution is 0.0692. The highest BCUT2D eigenvalue weighted by atomic mass is 16.6. The molecule has 11 nitrogen and oxygen atoms in total. The van der Waals surface area contributed by atoms with Crippen LogP contribution in [0.5, 0.6) is 5.75 Å². The number of amides is 1. The molecule has 5 rings (SSSR count). The first kappa shape index (κ1) is 28.8. The van der Waals surface area contributed by atoms with Gasteiger partial charge in [-0.1, -0.05) is 0 Å². The van der Waals surface area contributed by atoms with Crippen molar-refractivity contribution in [2.45, 2.75) is 58.4 Å². The first-order chi connectivity index (χ1) is 19.8. The first-order valence-corrected chi connectivity index (χ1v) is 14.3. The number of carbonyl (C=O) groups excluding carboxylic acids is 1. The number of aliphatic hydroxyl groups is 1. The van der Waals surface area contributed by atoms with Gasteiger partial charge < -0.3 is 34.0 Å². The lowest BCUT2D eigenvalue weighted by Gasteiger charge is -2.38. The Morgan fingerprint density at radius 2 is 1.93 bits per heavy atom. The molecule has 0 aliphatic carbocycles. The van der Waals surface area contributed by atoms with Crippen molar-refractivity contribution in [2.24, 2.45) is 0 Å². The van der Waals surface area contributed by atoms with Crippen molar-refractivity contribution in [2.75, 3.05) is 56.8 Å². The summed E-state index contributed by atoms with van der Waals surface area (Å²) in [6.07, 6.45) is 1.18. The van der Waals surface area contributed by atoms with Crippen LogP contribution in [0.1, 0.15) is 39.2 Å². The minimum absolute atomic E-state index is 0.130. The molecule has 0 saturated carbocycles. The number of piperidine rings is 1. The normalized spacial score (nSPS) is 18.2. The van der Waals surface area contributed by atoms with Gasteiger partial charge in [0.15, 0.2) is 5.65 Å². The van der Waals surface area contributed by atoms with Gasteiger partial charge in [0.25, 0.3) is 0 Å². The van der Waals surface area contributed by atoms with E-state index >= 15 is 0 Å². The zero-order valence-electron chi connectivity index (χ0n) is 24.5. The van der Waals surface area contributed by atoms with Crippen LogP contribution in [0.2, 0.25) is 0 Å². The van der Waals surface area contributed by atoms with E-state index in [1.165, 1.54) is 0 Å². The van der Waals surface area contributed by atoms with Gasteiger partial charge in [-0.25, -0.2) is 9.78 Å². The third-order valence-corrected chi connectivity index (χ3v) is 7.84. The van der Waals surface area contributed by atoms with E-state index in [0.717, 1.165) is 41.8 Å². The van der Waals surface area contributed by atoms with Crippen LogP contribution in [0, 0.1) is 0 Å². The van der Waals surface area contributed by atoms with Gasteiger partial charge in [0.05, 0.1) is 50.2 Å². The van der Waals surface area contributed by atoms with E-state index in [2.05, 4.69) is 16.7 Å². The molecule has 1 amide bonds. The van der Waals surface area contributed by atoms with Crippen LogP contribution in [-0.4, -0.2) is 96.2 Å². The number of pyridine rings is 1. The maximum Gasteiger partial charge on any atom is 0.410 e. The second kappa shape index (κ2) is 12.4. The highest BCUT2D eigenvalue weighted by Gasteiger charge is 2.30. The van der Waals surface area contributed by atoms with Gasteiger partial charge in [0, 0.05) is 43.9 Å². The van der Waals surface area contributed by atoms with Crippen LogP contribution in [-0.2, 0) is 16.1 Å². The fourth-order valence-electron chi connectivity index (χ4n) is 5.50. The minimum Gasteiger partial charge on any atom is -0.496 e. The van der Waals surface area contributed by atoms with E-state index in [9.17, 15) is 9.90 Å². The molecule has 1 N–H and O–H groups in total. The maximum atomic E-state index is 12.4. The van der Waals surface area contributed by atoms with Gasteiger partial charge in [-0.05, 0) is 63.9 Å². The van der Waals surface area contributed by atoms with Crippen molar-refractivity contribution >= 4 is 28.9 Å². The molecule has 220 valence electrons. The van der Waals surface area contributed by atoms with Crippen molar-refractivity contribution in [3.05, 3.63) is 35.9 Å². The molecule has 1 atom stereocenters. The summed E-state index contributed by atoms with van der Waals surface area (Å²) in [6, 6.07) is 9.99. The van der Waals surface area contributed by atoms with Crippen LogP contribution in [0.15, 0.2) is 30.3 Å². The summed E-state index contributed by atoms with van der Waals surface area (Å²) in [5.41, 5.74) is 2.92. The van der Waals surface area contributed by atoms with Crippen LogP contribution >= 0.6 is 0 Å². The standard InChI is InChI=1S/C30H40N6O5/c1-19(2)41-30(38)35-12-10-23(11-13-35)34(4)29-32-27-24(28(33-29)36-14-15-40-18-20(36)3)7-8-25(31-27)21-6-9-26(39-5)22(16-21)17-37/h6-9,16,19-20,23,37H,10-15,17-18H2,1-5H3. The smallest absolute Gasteiger partial charge is 0.410 e. The average molecular weight is 565 g/mol. The predicted molar refractivity (Wildman–Crippen MR) is 157 cm³/mol. The average Bonchev–Trinajstić information content (AvgIpc) is 2.99. The lowest BCUT2D eigenvalue weighted by atomic mass is 10.0. The zero-order valence-corrected chi connectivity index (χ0v) is 24.5. The van der Waals surface area contributed by atoms with E-state index < -0.39 is 0 Å². The Bertz CT molecular complexity index is 1380. The molecule has 41 heavy (non-hydrogen) atoms. The Hall–Kier alpha value is -3.70. The van der Waals surface area contributed by atoms with E-state index in [1.807, 2.05) is 51.2 Å². The number of carbonyl (C=O) groups is 1. The van der Waals surface area contributed by atoms with Gasteiger partial charge >= 0.3 is 6.09 Å². The van der Waals surface area contributed by atoms with Gasteiger partial charge in [0.1, 0.15) is 11.6 Å². The number of methoxy groups -OCH3 is 1. The van der Waals surface area contributed by atoms with Gasteiger partial charge in [-0.2, -0.15) is 9.97 Å². The number of hydrogen-bond acceptors (Lipinski definition) is 10. The highest BCUT2D eigenvalue weighted by Crippen LogP contribution is 2.32. The molecule has 11 heteroatoms. The van der Waals surface area contributed by atoms with Crippen LogP contribution < -0.4 is 14.5 Å². The molecule has 3 aromatic rings. The highest BCUT2D eigenvalue weighted by molar-refractivity contribution is 5.90. The number of aliphatic hydroxyl groups excluding tert-OH is 1. The molecule has 2 aliphatic rings. The third-order valence-electron chi connectivity index (χ3n) is 7.84. The molecule has 0 radical (unpaired) electrons. The summed E-state index contributed by atoms with van der Waals surface area (Å²) in [6.45, 7) is 8.96. The summed E-state index contributed by atoms with van der Waals surface area (Å²) < 4.78 is 16.5. The molecule has 1 aromatic carbocycles. The number of anilines is 2. The van der Waals surface area contributed by atoms with E-state index in [0.29, 0.717) is 49.2 Å². The van der Waals surface area contributed by atoms with E-state index in [4.69, 9.17) is 29.2 Å². The number of rotatable bonds is 7. The fraction of sp³-hybridized carbons (Fsp3) is 0.533. The Kier molecular flexibility index (Phi) is 8.74. The van der Waals surface area contributed by atoms with Crippen molar-refractivity contribution in [1.29, 1.82) is 0 Å². The van der Waals surface area contributed by atoms with Crippen molar-refractivity contribution in [3.8, 4) is 17.0 Å². The van der Waals surface area contributed by atoms with Crippen molar-refractivity contribution in [1.82, 2.24) is 19.9 Å². The molecule has 2 aliphatic heterocycles. The Balaban J connectivity index is 1.49. The number of benzene rings is 1. The van der Waals surface area contributed by atoms with Gasteiger partial charge in [-0.3, -0.25) is 0 Å². The quantitative estimate of drug-likeness (QED) is 0.454. The topological polar surface area (TPSA) is 113 Å². The summed E-state index contributed by atoms with van der Waals surface area (Å²) in [5, 5.41) is 10.7. The molecular formula is C30H40N6O5. The summed E-state index contributed by atoms with van der Waals surface area (Å²) in [5.74, 6) is 2.08. The fourth-order valence-corrected chi connectivity index (χ4v) is 5.50. The maximum absolute atomic E-state index is 12.4. The molecule has 2 fully saturated rings. The molecule has 0 bridgehead atoms. The number of likely N-dealkylation sites (tertiary alicyclic amines) is 1. The second-order valence-corrected chi connectivity index (χ2v) is 11.0. The van der Waals surface area contributed by atoms with Crippen LogP contribution in [0.4, 0.5) is 16.6 Å². The Morgan fingerprint density at radius 1 is 1.15 bits per heavy atom. The summed E-state index contributed by atoms with van der Waals surface area (Å²) in [7, 11) is 3.61. The Morgan fingerprint density at radius 3 is 2.61 bits per heavy atom. The van der Waals surface area contributed by atoms with Gasteiger partial charge in [0.2, 0.25) is 5.95 Å². The third kappa shape index (κ3) is 6.15. The van der Waals surface area contributed by atoms with E-state index in [-0.39, 0.29) is 30.9 Å². The van der Waals surface area contributed by atoms with E-state index in [1.54, 1.807) is 12.0 Å². The molecule has 2 saturated heterocycles. The van der Waals surface area contributed by atoms with Gasteiger partial charge in [-0.15, -0.1) is 0 Å². The molecular weight excluding hydrogens is 524 g/mol. The number of hydrogen-bond donors (Lipinski definition) is 1. The predicted octanol–water partition coefficient (Wildman–Crippen LogP) is 3.86. The monoisotopic (exact) mass is 564 g/mol. The minimum atomic E-state index is -0.258. The molecule has 0 spiro atoms. The second-order valence-electron chi connectivity index (χ2n) is 11.0. The SMILES string of the molecule is COc1ccc(-c2ccc3c(N4CCOCC4C)nc(N(C)C4CCN(C(=O)OC(C)C)CC4)nc3n2)cc1CO.